The second-order valence-corrected chi connectivity index (χ2v) is 4.14. The van der Waals surface area contributed by atoms with Crippen LogP contribution in [0.2, 0.25) is 5.02 Å². The Morgan fingerprint density at radius 2 is 2.11 bits per heavy atom. The van der Waals surface area contributed by atoms with E-state index >= 15 is 0 Å². The van der Waals surface area contributed by atoms with Gasteiger partial charge in [-0.1, -0.05) is 11.6 Å². The molecular formula is C12H12ClFN4. The summed E-state index contributed by atoms with van der Waals surface area (Å²) in [5.41, 5.74) is 1.56. The Balaban J connectivity index is 2.30. The van der Waals surface area contributed by atoms with E-state index in [1.54, 1.807) is 19.3 Å². The minimum absolute atomic E-state index is 0.0700. The zero-order valence-electron chi connectivity index (χ0n) is 9.96. The smallest absolute Gasteiger partial charge is 0.224 e. The van der Waals surface area contributed by atoms with Crippen LogP contribution in [-0.2, 0) is 0 Å². The molecule has 2 N–H and O–H groups in total. The lowest BCUT2D eigenvalue weighted by molar-refractivity contribution is 0.628. The van der Waals surface area contributed by atoms with Crippen molar-refractivity contribution in [3.8, 4) is 0 Å². The standard InChI is InChI=1S/C12H12ClFN4/c1-7-6-16-12(15-2)18-11(7)17-8-3-4-10(14)9(13)5-8/h3-6H,1-2H3,(H2,15,16,17,18). The third kappa shape index (κ3) is 2.68. The third-order valence-electron chi connectivity index (χ3n) is 2.38. The number of nitrogens with one attached hydrogen (secondary N) is 2. The molecule has 0 bridgehead atoms. The third-order valence-corrected chi connectivity index (χ3v) is 2.67. The van der Waals surface area contributed by atoms with Gasteiger partial charge in [-0.05, 0) is 25.1 Å². The van der Waals surface area contributed by atoms with Crippen molar-refractivity contribution in [1.82, 2.24) is 9.97 Å². The Labute approximate surface area is 109 Å². The van der Waals surface area contributed by atoms with Gasteiger partial charge >= 0.3 is 0 Å². The maximum absolute atomic E-state index is 13.0. The summed E-state index contributed by atoms with van der Waals surface area (Å²) in [5.74, 6) is 0.714. The Bertz CT molecular complexity index is 574. The van der Waals surface area contributed by atoms with Crippen molar-refractivity contribution in [3.63, 3.8) is 0 Å². The minimum Gasteiger partial charge on any atom is -0.357 e. The van der Waals surface area contributed by atoms with Gasteiger partial charge in [0.2, 0.25) is 5.95 Å². The van der Waals surface area contributed by atoms with E-state index in [9.17, 15) is 4.39 Å². The van der Waals surface area contributed by atoms with Crippen molar-refractivity contribution in [2.24, 2.45) is 0 Å². The Kier molecular flexibility index (Phi) is 3.62. The van der Waals surface area contributed by atoms with Gasteiger partial charge in [-0.2, -0.15) is 4.98 Å². The van der Waals surface area contributed by atoms with Crippen LogP contribution in [0.4, 0.5) is 21.8 Å². The van der Waals surface area contributed by atoms with Gasteiger partial charge in [0, 0.05) is 24.5 Å². The molecule has 0 atom stereocenters. The molecule has 0 radical (unpaired) electrons. The van der Waals surface area contributed by atoms with E-state index in [-0.39, 0.29) is 5.02 Å². The summed E-state index contributed by atoms with van der Waals surface area (Å²) in [4.78, 5) is 8.35. The Hall–Kier alpha value is -1.88. The van der Waals surface area contributed by atoms with Gasteiger partial charge in [-0.3, -0.25) is 0 Å². The minimum atomic E-state index is -0.447. The number of rotatable bonds is 3. The van der Waals surface area contributed by atoms with Crippen molar-refractivity contribution in [1.29, 1.82) is 0 Å². The molecule has 2 rings (SSSR count). The van der Waals surface area contributed by atoms with E-state index in [4.69, 9.17) is 11.6 Å². The van der Waals surface area contributed by atoms with E-state index in [0.717, 1.165) is 5.56 Å². The molecule has 0 aliphatic rings. The second-order valence-electron chi connectivity index (χ2n) is 3.73. The number of benzene rings is 1. The molecule has 6 heteroatoms. The Morgan fingerprint density at radius 1 is 1.33 bits per heavy atom. The van der Waals surface area contributed by atoms with Crippen LogP contribution < -0.4 is 10.6 Å². The largest absolute Gasteiger partial charge is 0.357 e. The summed E-state index contributed by atoms with van der Waals surface area (Å²) < 4.78 is 13.0. The topological polar surface area (TPSA) is 49.8 Å². The molecule has 0 fully saturated rings. The van der Waals surface area contributed by atoms with Crippen molar-refractivity contribution in [2.75, 3.05) is 17.7 Å². The molecule has 0 aliphatic heterocycles. The van der Waals surface area contributed by atoms with Crippen molar-refractivity contribution >= 4 is 29.1 Å². The fourth-order valence-corrected chi connectivity index (χ4v) is 1.58. The maximum atomic E-state index is 13.0. The molecule has 0 unspecified atom stereocenters. The van der Waals surface area contributed by atoms with Gasteiger partial charge in [-0.25, -0.2) is 9.37 Å². The van der Waals surface area contributed by atoms with Crippen molar-refractivity contribution < 1.29 is 4.39 Å². The van der Waals surface area contributed by atoms with Crippen LogP contribution in [0, 0.1) is 12.7 Å². The van der Waals surface area contributed by atoms with Gasteiger partial charge in [0.15, 0.2) is 0 Å². The average molecular weight is 267 g/mol. The number of halogens is 2. The summed E-state index contributed by atoms with van der Waals surface area (Å²) >= 11 is 5.72. The van der Waals surface area contributed by atoms with Crippen molar-refractivity contribution in [2.45, 2.75) is 6.92 Å². The van der Waals surface area contributed by atoms with Crippen LogP contribution in [0.25, 0.3) is 0 Å². The van der Waals surface area contributed by atoms with Crippen molar-refractivity contribution in [3.05, 3.63) is 40.8 Å². The van der Waals surface area contributed by atoms with Gasteiger partial charge in [0.05, 0.1) is 5.02 Å². The van der Waals surface area contributed by atoms with E-state index in [1.165, 1.54) is 12.1 Å². The number of aryl methyl sites for hydroxylation is 1. The predicted octanol–water partition coefficient (Wildman–Crippen LogP) is 3.36. The molecule has 1 heterocycles. The lowest BCUT2D eigenvalue weighted by atomic mass is 10.3. The molecule has 0 amide bonds. The molecule has 0 saturated carbocycles. The first-order valence-electron chi connectivity index (χ1n) is 5.33. The highest BCUT2D eigenvalue weighted by atomic mass is 35.5. The molecule has 1 aromatic carbocycles. The molecule has 0 saturated heterocycles. The summed E-state index contributed by atoms with van der Waals surface area (Å²) in [6, 6.07) is 4.42. The van der Waals surface area contributed by atoms with Crippen LogP contribution in [0.15, 0.2) is 24.4 Å². The van der Waals surface area contributed by atoms with Crippen LogP contribution in [0.3, 0.4) is 0 Å². The van der Waals surface area contributed by atoms with Crippen LogP contribution in [0.5, 0.6) is 0 Å². The lowest BCUT2D eigenvalue weighted by Gasteiger charge is -2.10. The highest BCUT2D eigenvalue weighted by molar-refractivity contribution is 6.31. The first kappa shape index (κ1) is 12.6. The summed E-state index contributed by atoms with van der Waals surface area (Å²) in [6.45, 7) is 1.88. The molecule has 0 aliphatic carbocycles. The molecule has 1 aromatic heterocycles. The second kappa shape index (κ2) is 5.18. The van der Waals surface area contributed by atoms with E-state index in [2.05, 4.69) is 20.6 Å². The highest BCUT2D eigenvalue weighted by Gasteiger charge is 2.05. The maximum Gasteiger partial charge on any atom is 0.224 e. The molecule has 4 nitrogen and oxygen atoms in total. The first-order chi connectivity index (χ1) is 8.60. The molecule has 94 valence electrons. The van der Waals surface area contributed by atoms with Gasteiger partial charge in [0.25, 0.3) is 0 Å². The molecular weight excluding hydrogens is 255 g/mol. The zero-order chi connectivity index (χ0) is 13.1. The number of hydrogen-bond acceptors (Lipinski definition) is 4. The number of anilines is 3. The average Bonchev–Trinajstić information content (AvgIpc) is 2.36. The fourth-order valence-electron chi connectivity index (χ4n) is 1.40. The highest BCUT2D eigenvalue weighted by Crippen LogP contribution is 2.23. The summed E-state index contributed by atoms with van der Waals surface area (Å²) in [5, 5.41) is 6.00. The lowest BCUT2D eigenvalue weighted by Crippen LogP contribution is -2.02. The predicted molar refractivity (Wildman–Crippen MR) is 71.0 cm³/mol. The van der Waals surface area contributed by atoms with Crippen LogP contribution >= 0.6 is 11.6 Å². The Morgan fingerprint density at radius 3 is 2.78 bits per heavy atom. The SMILES string of the molecule is CNc1ncc(C)c(Nc2ccc(F)c(Cl)c2)n1. The van der Waals surface area contributed by atoms with Gasteiger partial charge in [0.1, 0.15) is 11.6 Å². The first-order valence-corrected chi connectivity index (χ1v) is 5.71. The van der Waals surface area contributed by atoms with Crippen LogP contribution in [0.1, 0.15) is 5.56 Å². The van der Waals surface area contributed by atoms with Gasteiger partial charge < -0.3 is 10.6 Å². The van der Waals surface area contributed by atoms with Gasteiger partial charge in [-0.15, -0.1) is 0 Å². The molecule has 2 aromatic rings. The number of hydrogen-bond donors (Lipinski definition) is 2. The molecule has 0 spiro atoms. The number of aromatic nitrogens is 2. The monoisotopic (exact) mass is 266 g/mol. The summed E-state index contributed by atoms with van der Waals surface area (Å²) in [7, 11) is 1.74. The fraction of sp³-hybridized carbons (Fsp3) is 0.167. The van der Waals surface area contributed by atoms with E-state index in [0.29, 0.717) is 17.5 Å². The van der Waals surface area contributed by atoms with E-state index < -0.39 is 5.82 Å². The zero-order valence-corrected chi connectivity index (χ0v) is 10.7. The number of nitrogens with zero attached hydrogens (tertiary/aromatic N) is 2. The summed E-state index contributed by atoms with van der Waals surface area (Å²) in [6.07, 6.45) is 1.70. The van der Waals surface area contributed by atoms with E-state index in [1.807, 2.05) is 6.92 Å². The quantitative estimate of drug-likeness (QED) is 0.894. The van der Waals surface area contributed by atoms with Crippen LogP contribution in [-0.4, -0.2) is 17.0 Å². The molecule has 18 heavy (non-hydrogen) atoms. The normalized spacial score (nSPS) is 10.2.